The van der Waals surface area contributed by atoms with Crippen LogP contribution in [0.25, 0.3) is 0 Å². The van der Waals surface area contributed by atoms with Crippen LogP contribution in [0.15, 0.2) is 53.5 Å². The molecule has 0 aliphatic rings. The lowest BCUT2D eigenvalue weighted by molar-refractivity contribution is -0.143. The Morgan fingerprint density at radius 1 is 0.464 bits per heavy atom. The Morgan fingerprint density at radius 3 is 1.15 bits per heavy atom. The van der Waals surface area contributed by atoms with Crippen molar-refractivity contribution in [3.05, 3.63) is 59.7 Å². The van der Waals surface area contributed by atoms with E-state index in [9.17, 15) is 88.5 Å². The molecule has 33 heteroatoms. The van der Waals surface area contributed by atoms with Crippen LogP contribution in [0.3, 0.4) is 0 Å². The van der Waals surface area contributed by atoms with Gasteiger partial charge in [-0.25, -0.2) is 4.79 Å². The van der Waals surface area contributed by atoms with Gasteiger partial charge in [0.25, 0.3) is 0 Å². The summed E-state index contributed by atoms with van der Waals surface area (Å²) in [5.74, 6) is -14.0. The molecule has 0 unspecified atom stereocenters. The molecule has 0 radical (unpaired) electrons. The molecular weight excluding hydrogens is 1110 g/mol. The number of aromatic hydroxyl groups is 2. The highest BCUT2D eigenvalue weighted by molar-refractivity contribution is 5.99. The normalized spacial score (nSPS) is 14.6. The number of carboxylic acid groups (broad SMARTS) is 1. The van der Waals surface area contributed by atoms with E-state index in [1.807, 2.05) is 0 Å². The molecule has 2 aromatic carbocycles. The molecule has 84 heavy (non-hydrogen) atoms. The summed E-state index contributed by atoms with van der Waals surface area (Å²) in [6.07, 6.45) is -0.508. The third kappa shape index (κ3) is 25.2. The minimum absolute atomic E-state index is 0.0168. The predicted molar refractivity (Wildman–Crippen MR) is 296 cm³/mol. The lowest BCUT2D eigenvalue weighted by atomic mass is 10.0. The van der Waals surface area contributed by atoms with Crippen molar-refractivity contribution >= 4 is 71.0 Å². The van der Waals surface area contributed by atoms with Gasteiger partial charge in [-0.05, 0) is 73.5 Å². The third-order valence-corrected chi connectivity index (χ3v) is 12.4. The fourth-order valence-electron chi connectivity index (χ4n) is 7.71. The summed E-state index contributed by atoms with van der Waals surface area (Å²) in [5.41, 5.74) is 28.1. The van der Waals surface area contributed by atoms with Crippen molar-refractivity contribution < 1.29 is 88.5 Å². The summed E-state index contributed by atoms with van der Waals surface area (Å²) >= 11 is 0. The number of aliphatic imine (C=N–C) groups is 1. The molecule has 0 bridgehead atoms. The van der Waals surface area contributed by atoms with E-state index < -0.39 is 177 Å². The number of carbonyl (C=O) groups is 11. The number of primary amides is 1. The molecule has 0 spiro atoms. The van der Waals surface area contributed by atoms with Gasteiger partial charge in [0, 0.05) is 19.4 Å². The number of aliphatic hydroxyl groups is 4. The monoisotopic (exact) mass is 1190 g/mol. The highest BCUT2D eigenvalue weighted by atomic mass is 16.4. The van der Waals surface area contributed by atoms with Gasteiger partial charge >= 0.3 is 5.97 Å². The quantitative estimate of drug-likeness (QED) is 0.0169. The molecule has 466 valence electrons. The average Bonchev–Trinajstić information content (AvgIpc) is 3.55. The first-order valence-electron chi connectivity index (χ1n) is 26.4. The molecule has 0 saturated carbocycles. The van der Waals surface area contributed by atoms with E-state index in [1.54, 1.807) is 0 Å². The summed E-state index contributed by atoms with van der Waals surface area (Å²) < 4.78 is 0. The Hall–Kier alpha value is -8.76. The number of aliphatic hydroxyl groups excluding tert-OH is 4. The Labute approximate surface area is 482 Å². The van der Waals surface area contributed by atoms with Gasteiger partial charge < -0.3 is 112 Å². The number of carbonyl (C=O) groups excluding carboxylic acids is 10. The topological polar surface area (TPSA) is 580 Å². The largest absolute Gasteiger partial charge is 0.508 e. The minimum Gasteiger partial charge on any atom is -0.508 e. The number of rotatable bonds is 38. The number of nitrogens with one attached hydrogen (secondary N) is 9. The van der Waals surface area contributed by atoms with Crippen LogP contribution in [0.4, 0.5) is 0 Å². The molecule has 0 aromatic heterocycles. The highest BCUT2D eigenvalue weighted by Gasteiger charge is 2.36. The zero-order valence-corrected chi connectivity index (χ0v) is 46.3. The number of benzene rings is 2. The maximum atomic E-state index is 14.4. The zero-order chi connectivity index (χ0) is 63.2. The number of aliphatic carboxylic acids is 1. The van der Waals surface area contributed by atoms with E-state index in [-0.39, 0.29) is 48.8 Å². The van der Waals surface area contributed by atoms with Gasteiger partial charge in [-0.1, -0.05) is 44.5 Å². The van der Waals surface area contributed by atoms with Crippen LogP contribution in [0.1, 0.15) is 63.5 Å². The summed E-state index contributed by atoms with van der Waals surface area (Å²) in [7, 11) is 0. The van der Waals surface area contributed by atoms with Crippen LogP contribution < -0.4 is 76.5 Å². The van der Waals surface area contributed by atoms with Crippen molar-refractivity contribution in [1.29, 1.82) is 0 Å². The van der Waals surface area contributed by atoms with Gasteiger partial charge in [-0.2, -0.15) is 0 Å². The van der Waals surface area contributed by atoms with Crippen LogP contribution in [0.2, 0.25) is 0 Å². The smallest absolute Gasteiger partial charge is 0.326 e. The molecule has 2 rings (SSSR count). The maximum Gasteiger partial charge on any atom is 0.326 e. The summed E-state index contributed by atoms with van der Waals surface area (Å²) in [4.78, 5) is 150. The second-order valence-corrected chi connectivity index (χ2v) is 19.5. The van der Waals surface area contributed by atoms with Crippen LogP contribution in [0.5, 0.6) is 11.5 Å². The van der Waals surface area contributed by atoms with Crippen molar-refractivity contribution in [2.24, 2.45) is 39.6 Å². The second kappa shape index (κ2) is 36.6. The molecule has 0 fully saturated rings. The molecule has 0 saturated heterocycles. The third-order valence-electron chi connectivity index (χ3n) is 12.4. The predicted octanol–water partition coefficient (Wildman–Crippen LogP) is -8.66. The zero-order valence-electron chi connectivity index (χ0n) is 46.3. The number of nitrogens with two attached hydrogens (primary N) is 5. The van der Waals surface area contributed by atoms with Gasteiger partial charge in [-0.15, -0.1) is 0 Å². The molecule has 0 aliphatic carbocycles. The number of nitrogens with zero attached hydrogens (tertiary/aromatic N) is 1. The number of phenols is 2. The maximum absolute atomic E-state index is 14.4. The first kappa shape index (κ1) is 71.3. The Balaban J connectivity index is 2.41. The summed E-state index contributed by atoms with van der Waals surface area (Å²) in [6.45, 7) is -1.27. The Bertz CT molecular complexity index is 2570. The van der Waals surface area contributed by atoms with Crippen LogP contribution >= 0.6 is 0 Å². The first-order valence-corrected chi connectivity index (χ1v) is 26.4. The highest BCUT2D eigenvalue weighted by Crippen LogP contribution is 2.15. The molecule has 0 aliphatic heterocycles. The van der Waals surface area contributed by atoms with Gasteiger partial charge in [0.05, 0.1) is 38.9 Å². The average molecular weight is 1190 g/mol. The van der Waals surface area contributed by atoms with E-state index in [1.165, 1.54) is 62.4 Å². The number of unbranched alkanes of at least 4 members (excludes halogenated alkanes) is 1. The van der Waals surface area contributed by atoms with Crippen LogP contribution in [0, 0.1) is 5.92 Å². The van der Waals surface area contributed by atoms with Gasteiger partial charge in [0.15, 0.2) is 5.96 Å². The first-order chi connectivity index (χ1) is 39.7. The fourth-order valence-corrected chi connectivity index (χ4v) is 7.71. The van der Waals surface area contributed by atoms with Gasteiger partial charge in [0.2, 0.25) is 59.1 Å². The van der Waals surface area contributed by atoms with Gasteiger partial charge in [0.1, 0.15) is 65.9 Å². The van der Waals surface area contributed by atoms with Gasteiger partial charge in [-0.3, -0.25) is 52.9 Å². The minimum atomic E-state index is -1.97. The second-order valence-electron chi connectivity index (χ2n) is 19.5. The lowest BCUT2D eigenvalue weighted by Gasteiger charge is -2.27. The molecule has 2 aromatic rings. The molecule has 26 N–H and O–H groups in total. The standard InChI is InChI=1S/C51H79N15O18/c1-25(2)40(50(83)84)66-42(75)31(7-5-17-57-51(55)56)58-46(79)35(21-67)64-49(82)38(24-70)65-48(81)37(23-69)62-44(77)33(19-27-10-14-29(72)15-11-27)60-43(76)32(18-26-8-12-28(71)13-9-26)61-47(80)36(22-68)63-45(78)34(20-39(54)73)59-41(74)30(53)6-3-4-16-52/h8-15,25,30-38,40,67-72H,3-7,16-24,52-53H2,1-2H3,(H2,54,73)(H,58,79)(H,59,74)(H,60,76)(H,61,80)(H,62,77)(H,63,78)(H,64,82)(H,65,81)(H,66,75)(H,83,84)(H4,55,56,57)/t30-,31-,32-,33-,34-,35-,36-,37-,38-,40-/m0/s1. The van der Waals surface area contributed by atoms with Crippen LogP contribution in [-0.4, -0.2) is 207 Å². The molecule has 0 heterocycles. The van der Waals surface area contributed by atoms with Crippen molar-refractivity contribution in [3.63, 3.8) is 0 Å². The van der Waals surface area contributed by atoms with E-state index in [0.29, 0.717) is 24.9 Å². The summed E-state index contributed by atoms with van der Waals surface area (Å²) in [5, 5.41) is 90.8. The SMILES string of the molecule is CC(C)[C@H](NC(=O)[C@H](CCCN=C(N)N)NC(=O)[C@H](CO)NC(=O)[C@H](CO)NC(=O)[C@H](CO)NC(=O)[C@H](Cc1ccc(O)cc1)NC(=O)[C@H](Cc1ccc(O)cc1)NC(=O)[C@H](CO)NC(=O)[C@H](CC(N)=O)NC(=O)[C@@H](N)CCCCN)C(=O)O. The van der Waals surface area contributed by atoms with Crippen molar-refractivity contribution in [3.8, 4) is 11.5 Å². The molecular formula is C51H79N15O18. The van der Waals surface area contributed by atoms with Crippen molar-refractivity contribution in [2.45, 2.75) is 126 Å². The van der Waals surface area contributed by atoms with Crippen molar-refractivity contribution in [2.75, 3.05) is 39.5 Å². The Morgan fingerprint density at radius 2 is 0.810 bits per heavy atom. The van der Waals surface area contributed by atoms with E-state index in [2.05, 4.69) is 52.8 Å². The number of carboxylic acids is 1. The molecule has 10 amide bonds. The number of hydrogen-bond donors (Lipinski definition) is 21. The number of amides is 10. The fraction of sp³-hybridized carbons (Fsp3) is 0.529. The Kier molecular flexibility index (Phi) is 31.1. The molecule has 10 atom stereocenters. The summed E-state index contributed by atoms with van der Waals surface area (Å²) in [6, 6.07) is -6.30. The number of hydrogen-bond acceptors (Lipinski definition) is 20. The lowest BCUT2D eigenvalue weighted by Crippen LogP contribution is -2.62. The number of phenolic OH excluding ortho intramolecular Hbond substituents is 2. The van der Waals surface area contributed by atoms with E-state index in [0.717, 1.165) is 0 Å². The van der Waals surface area contributed by atoms with E-state index in [4.69, 9.17) is 28.7 Å². The van der Waals surface area contributed by atoms with E-state index >= 15 is 0 Å². The molecule has 33 nitrogen and oxygen atoms in total. The number of guanidine groups is 1. The van der Waals surface area contributed by atoms with Crippen LogP contribution in [-0.2, 0) is 65.6 Å². The van der Waals surface area contributed by atoms with Crippen molar-refractivity contribution in [1.82, 2.24) is 47.9 Å².